The smallest absolute Gasteiger partial charge is 0.230 e. The van der Waals surface area contributed by atoms with Gasteiger partial charge in [-0.05, 0) is 12.8 Å². The van der Waals surface area contributed by atoms with Gasteiger partial charge in [0, 0.05) is 18.5 Å². The summed E-state index contributed by atoms with van der Waals surface area (Å²) in [6.07, 6.45) is 6.00. The fourth-order valence-corrected chi connectivity index (χ4v) is 5.55. The zero-order valence-corrected chi connectivity index (χ0v) is 19.4. The van der Waals surface area contributed by atoms with Crippen molar-refractivity contribution >= 4 is 44.2 Å². The molecule has 1 aliphatic heterocycles. The number of carbonyl (C=O) groups is 1. The summed E-state index contributed by atoms with van der Waals surface area (Å²) in [6, 6.07) is 0. The third kappa shape index (κ3) is 6.03. The molecule has 29 heavy (non-hydrogen) atoms. The first-order valence-corrected chi connectivity index (χ1v) is 13.0. The van der Waals surface area contributed by atoms with Crippen molar-refractivity contribution in [2.45, 2.75) is 49.0 Å². The molecule has 0 aromatic carbocycles. The molecule has 8 nitrogen and oxygen atoms in total. The monoisotopic (exact) mass is 458 g/mol. The second-order valence-corrected chi connectivity index (χ2v) is 12.4. The van der Waals surface area contributed by atoms with E-state index in [1.807, 2.05) is 0 Å². The van der Waals surface area contributed by atoms with E-state index < -0.39 is 10.0 Å². The Hall–Kier alpha value is -1.43. The maximum Gasteiger partial charge on any atom is 0.230 e. The van der Waals surface area contributed by atoms with E-state index in [1.54, 1.807) is 24.2 Å². The van der Waals surface area contributed by atoms with Crippen molar-refractivity contribution in [2.24, 2.45) is 5.92 Å². The lowest BCUT2D eigenvalue weighted by Crippen LogP contribution is -2.43. The average molecular weight is 459 g/mol. The van der Waals surface area contributed by atoms with Gasteiger partial charge in [-0.2, -0.15) is 0 Å². The highest BCUT2D eigenvalue weighted by atomic mass is 32.2. The summed E-state index contributed by atoms with van der Waals surface area (Å²) < 4.78 is 31.6. The van der Waals surface area contributed by atoms with Gasteiger partial charge in [-0.3, -0.25) is 4.79 Å². The second kappa shape index (κ2) is 8.75. The molecule has 2 aromatic heterocycles. The largest absolute Gasteiger partial charge is 0.444 e. The minimum Gasteiger partial charge on any atom is -0.444 e. The van der Waals surface area contributed by atoms with Crippen LogP contribution in [0.25, 0.3) is 0 Å². The van der Waals surface area contributed by atoms with E-state index in [0.717, 1.165) is 9.97 Å². The number of anilines is 1. The molecule has 3 heterocycles. The normalized spacial score (nSPS) is 18.7. The van der Waals surface area contributed by atoms with Crippen LogP contribution >= 0.6 is 23.1 Å². The molecule has 0 bridgehead atoms. The maximum atomic E-state index is 12.5. The molecule has 1 fully saturated rings. The van der Waals surface area contributed by atoms with E-state index in [-0.39, 0.29) is 23.8 Å². The number of hydrogen-bond acceptors (Lipinski definition) is 8. The van der Waals surface area contributed by atoms with Crippen molar-refractivity contribution in [3.05, 3.63) is 24.0 Å². The summed E-state index contributed by atoms with van der Waals surface area (Å²) in [4.78, 5) is 21.1. The molecule has 1 saturated heterocycles. The van der Waals surface area contributed by atoms with Crippen molar-refractivity contribution in [1.29, 1.82) is 0 Å². The molecule has 160 valence electrons. The first-order chi connectivity index (χ1) is 13.5. The highest BCUT2D eigenvalue weighted by molar-refractivity contribution is 8.00. The van der Waals surface area contributed by atoms with E-state index in [0.29, 0.717) is 36.2 Å². The standard InChI is InChI=1S/C18H26N4O4S3/c1-18(2,3)13-8-19-14(26-13)11-27-15-9-20-17(28-15)21-16(23)12-6-5-7-22(10-12)29(4,24)25/h8-9,12H,5-7,10-11H2,1-4H3,(H,20,21,23). The first kappa shape index (κ1) is 22.3. The summed E-state index contributed by atoms with van der Waals surface area (Å²) in [5.74, 6) is 1.54. The van der Waals surface area contributed by atoms with Gasteiger partial charge in [0.15, 0.2) is 5.13 Å². The highest BCUT2D eigenvalue weighted by Gasteiger charge is 2.30. The molecule has 0 aliphatic carbocycles. The molecule has 2 aromatic rings. The molecule has 11 heteroatoms. The van der Waals surface area contributed by atoms with Crippen molar-refractivity contribution in [3.63, 3.8) is 0 Å². The van der Waals surface area contributed by atoms with Crippen LogP contribution in [0.2, 0.25) is 0 Å². The number of oxazole rings is 1. The maximum absolute atomic E-state index is 12.5. The van der Waals surface area contributed by atoms with Crippen molar-refractivity contribution in [3.8, 4) is 0 Å². The van der Waals surface area contributed by atoms with Gasteiger partial charge < -0.3 is 9.73 Å². The Morgan fingerprint density at radius 3 is 2.79 bits per heavy atom. The van der Waals surface area contributed by atoms with Crippen LogP contribution < -0.4 is 5.32 Å². The zero-order chi connectivity index (χ0) is 21.2. The molecular formula is C18H26N4O4S3. The minimum absolute atomic E-state index is 0.0797. The number of piperidine rings is 1. The average Bonchev–Trinajstić information content (AvgIpc) is 3.28. The van der Waals surface area contributed by atoms with Gasteiger partial charge in [0.25, 0.3) is 0 Å². The van der Waals surface area contributed by atoms with Crippen molar-refractivity contribution in [2.75, 3.05) is 24.7 Å². The Morgan fingerprint density at radius 1 is 1.38 bits per heavy atom. The molecule has 3 rings (SSSR count). The third-order valence-electron chi connectivity index (χ3n) is 4.57. The number of nitrogens with one attached hydrogen (secondary N) is 1. The number of sulfonamides is 1. The number of rotatable bonds is 6. The van der Waals surface area contributed by atoms with E-state index in [2.05, 4.69) is 36.1 Å². The van der Waals surface area contributed by atoms with Crippen LogP contribution in [0.15, 0.2) is 21.0 Å². The highest BCUT2D eigenvalue weighted by Crippen LogP contribution is 2.32. The van der Waals surface area contributed by atoms with Crippen molar-refractivity contribution in [1.82, 2.24) is 14.3 Å². The summed E-state index contributed by atoms with van der Waals surface area (Å²) in [5, 5.41) is 3.33. The Balaban J connectivity index is 1.53. The number of carbonyl (C=O) groups excluding carboxylic acids is 1. The van der Waals surface area contributed by atoms with Crippen LogP contribution in [0, 0.1) is 5.92 Å². The predicted molar refractivity (Wildman–Crippen MR) is 115 cm³/mol. The van der Waals surface area contributed by atoms with E-state index >= 15 is 0 Å². The number of amides is 1. The fourth-order valence-electron chi connectivity index (χ4n) is 2.91. The molecule has 1 atom stereocenters. The Kier molecular flexibility index (Phi) is 6.71. The fraction of sp³-hybridized carbons (Fsp3) is 0.611. The third-order valence-corrected chi connectivity index (χ3v) is 7.93. The van der Waals surface area contributed by atoms with Crippen LogP contribution in [0.3, 0.4) is 0 Å². The van der Waals surface area contributed by atoms with E-state index in [9.17, 15) is 13.2 Å². The molecule has 0 spiro atoms. The number of hydrogen-bond donors (Lipinski definition) is 1. The second-order valence-electron chi connectivity index (χ2n) is 8.09. The summed E-state index contributed by atoms with van der Waals surface area (Å²) >= 11 is 2.93. The molecule has 1 unspecified atom stereocenters. The van der Waals surface area contributed by atoms with Crippen LogP contribution in [-0.2, 0) is 26.0 Å². The quantitative estimate of drug-likeness (QED) is 0.662. The van der Waals surface area contributed by atoms with Crippen LogP contribution in [-0.4, -0.2) is 47.9 Å². The van der Waals surface area contributed by atoms with Crippen LogP contribution in [0.1, 0.15) is 45.3 Å². The lowest BCUT2D eigenvalue weighted by atomic mass is 9.94. The van der Waals surface area contributed by atoms with Gasteiger partial charge in [0.2, 0.25) is 21.8 Å². The van der Waals surface area contributed by atoms with E-state index in [1.165, 1.54) is 21.9 Å². The van der Waals surface area contributed by atoms with Gasteiger partial charge in [0.1, 0.15) is 5.76 Å². The van der Waals surface area contributed by atoms with Crippen LogP contribution in [0.4, 0.5) is 5.13 Å². The van der Waals surface area contributed by atoms with Crippen LogP contribution in [0.5, 0.6) is 0 Å². The predicted octanol–water partition coefficient (Wildman–Crippen LogP) is 3.33. The Labute approximate surface area is 179 Å². The number of thioether (sulfide) groups is 1. The summed E-state index contributed by atoms with van der Waals surface area (Å²) in [6.45, 7) is 6.91. The lowest BCUT2D eigenvalue weighted by molar-refractivity contribution is -0.120. The van der Waals surface area contributed by atoms with Crippen molar-refractivity contribution < 1.29 is 17.6 Å². The van der Waals surface area contributed by atoms with E-state index in [4.69, 9.17) is 4.42 Å². The first-order valence-electron chi connectivity index (χ1n) is 9.32. The summed E-state index contributed by atoms with van der Waals surface area (Å²) in [5.41, 5.74) is -0.0797. The Bertz CT molecular complexity index is 962. The molecule has 0 saturated carbocycles. The van der Waals surface area contributed by atoms with Gasteiger partial charge >= 0.3 is 0 Å². The molecular weight excluding hydrogens is 432 g/mol. The lowest BCUT2D eigenvalue weighted by Gasteiger charge is -2.29. The minimum atomic E-state index is -3.28. The zero-order valence-electron chi connectivity index (χ0n) is 17.0. The van der Waals surface area contributed by atoms with Gasteiger partial charge in [-0.1, -0.05) is 32.1 Å². The van der Waals surface area contributed by atoms with Gasteiger partial charge in [0.05, 0.1) is 34.5 Å². The molecule has 1 N–H and O–H groups in total. The van der Waals surface area contributed by atoms with Gasteiger partial charge in [-0.25, -0.2) is 22.7 Å². The SMILES string of the molecule is CC(C)(C)c1cnc(CSc2cnc(NC(=O)C3CCCN(S(C)(=O)=O)C3)s2)o1. The summed E-state index contributed by atoms with van der Waals surface area (Å²) in [7, 11) is -3.28. The molecule has 1 amide bonds. The van der Waals surface area contributed by atoms with Gasteiger partial charge in [-0.15, -0.1) is 11.8 Å². The molecule has 1 aliphatic rings. The topological polar surface area (TPSA) is 105 Å². The number of thiazole rings is 1. The number of aromatic nitrogens is 2. The number of nitrogens with zero attached hydrogens (tertiary/aromatic N) is 3. The molecule has 0 radical (unpaired) electrons. The Morgan fingerprint density at radius 2 is 2.14 bits per heavy atom.